The highest BCUT2D eigenvalue weighted by Gasteiger charge is 2.21. The first-order chi connectivity index (χ1) is 13.2. The minimum Gasteiger partial charge on any atom is -0.398 e. The summed E-state index contributed by atoms with van der Waals surface area (Å²) in [6, 6.07) is 11.9. The van der Waals surface area contributed by atoms with Crippen LogP contribution in [0.2, 0.25) is 0 Å². The zero-order valence-electron chi connectivity index (χ0n) is 15.0. The molecule has 0 radical (unpaired) electrons. The summed E-state index contributed by atoms with van der Waals surface area (Å²) in [7, 11) is 0. The van der Waals surface area contributed by atoms with Gasteiger partial charge >= 0.3 is 0 Å². The molecule has 3 aromatic rings. The van der Waals surface area contributed by atoms with E-state index in [9.17, 15) is 4.79 Å². The summed E-state index contributed by atoms with van der Waals surface area (Å²) in [6.45, 7) is 3.42. The van der Waals surface area contributed by atoms with Crippen molar-refractivity contribution in [2.24, 2.45) is 0 Å². The molecule has 0 unspecified atom stereocenters. The minimum absolute atomic E-state index is 0.127. The van der Waals surface area contributed by atoms with E-state index in [2.05, 4.69) is 27.0 Å². The molecule has 7 nitrogen and oxygen atoms in total. The molecule has 138 valence electrons. The second-order valence-electron chi connectivity index (χ2n) is 6.60. The third kappa shape index (κ3) is 3.92. The zero-order valence-corrected chi connectivity index (χ0v) is 15.0. The van der Waals surface area contributed by atoms with E-state index in [4.69, 9.17) is 5.73 Å². The Bertz CT molecular complexity index is 898. The first-order valence-electron chi connectivity index (χ1n) is 9.00. The lowest BCUT2D eigenvalue weighted by atomic mass is 10.1. The third-order valence-electron chi connectivity index (χ3n) is 4.78. The van der Waals surface area contributed by atoms with Crippen LogP contribution in [-0.2, 0) is 11.3 Å². The fourth-order valence-corrected chi connectivity index (χ4v) is 3.30. The molecular weight excluding hydrogens is 340 g/mol. The van der Waals surface area contributed by atoms with Crippen LogP contribution in [0.15, 0.2) is 61.2 Å². The van der Waals surface area contributed by atoms with Gasteiger partial charge in [0, 0.05) is 67.9 Å². The second kappa shape index (κ2) is 7.49. The summed E-state index contributed by atoms with van der Waals surface area (Å²) in [4.78, 5) is 25.2. The molecule has 1 amide bonds. The summed E-state index contributed by atoms with van der Waals surface area (Å²) in [5, 5.41) is 0. The van der Waals surface area contributed by atoms with Crippen molar-refractivity contribution in [1.82, 2.24) is 19.4 Å². The van der Waals surface area contributed by atoms with Gasteiger partial charge in [0.1, 0.15) is 6.54 Å². The largest absolute Gasteiger partial charge is 0.398 e. The number of aromatic nitrogens is 3. The monoisotopic (exact) mass is 362 g/mol. The maximum atomic E-state index is 12.5. The average Bonchev–Trinajstić information content (AvgIpc) is 3.13. The Morgan fingerprint density at radius 2 is 1.70 bits per heavy atom. The van der Waals surface area contributed by atoms with Gasteiger partial charge in [0.25, 0.3) is 0 Å². The summed E-state index contributed by atoms with van der Waals surface area (Å²) in [5.74, 6) is 0.854. The fourth-order valence-electron chi connectivity index (χ4n) is 3.30. The van der Waals surface area contributed by atoms with Gasteiger partial charge in [-0.3, -0.25) is 4.79 Å². The van der Waals surface area contributed by atoms with Crippen LogP contribution in [0.5, 0.6) is 0 Å². The van der Waals surface area contributed by atoms with E-state index >= 15 is 0 Å². The van der Waals surface area contributed by atoms with Crippen molar-refractivity contribution in [2.45, 2.75) is 6.54 Å². The number of nitrogens with zero attached hydrogens (tertiary/aromatic N) is 5. The number of carbonyl (C=O) groups is 1. The lowest BCUT2D eigenvalue weighted by Gasteiger charge is -2.36. The lowest BCUT2D eigenvalue weighted by molar-refractivity contribution is -0.132. The van der Waals surface area contributed by atoms with E-state index in [1.54, 1.807) is 24.7 Å². The number of rotatable bonds is 4. The maximum Gasteiger partial charge on any atom is 0.242 e. The number of carbonyl (C=O) groups excluding carboxylic acids is 1. The number of benzene rings is 1. The molecular formula is C20H22N6O. The normalized spacial score (nSPS) is 14.4. The number of amides is 1. The molecule has 7 heteroatoms. The van der Waals surface area contributed by atoms with Gasteiger partial charge in [-0.2, -0.15) is 0 Å². The van der Waals surface area contributed by atoms with Gasteiger partial charge in [-0.15, -0.1) is 0 Å². The Labute approximate surface area is 158 Å². The molecule has 0 bridgehead atoms. The molecule has 27 heavy (non-hydrogen) atoms. The first-order valence-corrected chi connectivity index (χ1v) is 9.00. The number of anilines is 2. The van der Waals surface area contributed by atoms with Crippen LogP contribution < -0.4 is 10.6 Å². The van der Waals surface area contributed by atoms with Crippen LogP contribution in [0.1, 0.15) is 0 Å². The average molecular weight is 362 g/mol. The van der Waals surface area contributed by atoms with E-state index in [-0.39, 0.29) is 5.91 Å². The summed E-state index contributed by atoms with van der Waals surface area (Å²) >= 11 is 0. The molecule has 2 N–H and O–H groups in total. The van der Waals surface area contributed by atoms with Crippen LogP contribution in [0.3, 0.4) is 0 Å². The van der Waals surface area contributed by atoms with Crippen molar-refractivity contribution in [2.75, 3.05) is 36.8 Å². The van der Waals surface area contributed by atoms with Gasteiger partial charge in [-0.05, 0) is 36.4 Å². The third-order valence-corrected chi connectivity index (χ3v) is 4.78. The standard InChI is InChI=1S/C20H22N6O/c21-17-6-9-24(14-17)15-19(27)26-12-10-25(11-13-26)18-4-2-16(3-5-18)20-22-7-1-8-23-20/h1-9,14H,10-13,15,21H2. The van der Waals surface area contributed by atoms with Gasteiger partial charge in [0.2, 0.25) is 5.91 Å². The second-order valence-corrected chi connectivity index (χ2v) is 6.60. The molecule has 4 rings (SSSR count). The van der Waals surface area contributed by atoms with Crippen molar-refractivity contribution in [3.05, 3.63) is 61.2 Å². The molecule has 1 aliphatic rings. The Morgan fingerprint density at radius 3 is 2.33 bits per heavy atom. The molecule has 3 heterocycles. The van der Waals surface area contributed by atoms with Gasteiger partial charge in [0.05, 0.1) is 0 Å². The molecule has 2 aromatic heterocycles. The lowest BCUT2D eigenvalue weighted by Crippen LogP contribution is -2.49. The Kier molecular flexibility index (Phi) is 4.74. The Morgan fingerprint density at radius 1 is 1.00 bits per heavy atom. The molecule has 1 saturated heterocycles. The van der Waals surface area contributed by atoms with Crippen LogP contribution in [-0.4, -0.2) is 51.5 Å². The van der Waals surface area contributed by atoms with E-state index in [0.29, 0.717) is 12.2 Å². The molecule has 1 aliphatic heterocycles. The Hall–Kier alpha value is -3.35. The fraction of sp³-hybridized carbons (Fsp3) is 0.250. The van der Waals surface area contributed by atoms with Crippen LogP contribution >= 0.6 is 0 Å². The first kappa shape index (κ1) is 17.1. The molecule has 0 atom stereocenters. The summed E-state index contributed by atoms with van der Waals surface area (Å²) in [6.07, 6.45) is 7.11. The number of hydrogen-bond donors (Lipinski definition) is 1. The smallest absolute Gasteiger partial charge is 0.242 e. The van der Waals surface area contributed by atoms with Crippen LogP contribution in [0, 0.1) is 0 Å². The van der Waals surface area contributed by atoms with Crippen LogP contribution in [0.25, 0.3) is 11.4 Å². The maximum absolute atomic E-state index is 12.5. The molecule has 0 aliphatic carbocycles. The quantitative estimate of drug-likeness (QED) is 0.766. The van der Waals surface area contributed by atoms with Crippen LogP contribution in [0.4, 0.5) is 11.4 Å². The molecule has 1 fully saturated rings. The molecule has 0 spiro atoms. The number of hydrogen-bond acceptors (Lipinski definition) is 5. The van der Waals surface area contributed by atoms with E-state index in [1.807, 2.05) is 33.9 Å². The number of nitrogens with two attached hydrogens (primary N) is 1. The van der Waals surface area contributed by atoms with Crippen molar-refractivity contribution >= 4 is 17.3 Å². The van der Waals surface area contributed by atoms with Gasteiger partial charge < -0.3 is 20.1 Å². The Balaban J connectivity index is 1.34. The highest BCUT2D eigenvalue weighted by Crippen LogP contribution is 2.21. The predicted octanol–water partition coefficient (Wildman–Crippen LogP) is 1.88. The molecule has 1 aromatic carbocycles. The summed E-state index contributed by atoms with van der Waals surface area (Å²) in [5.41, 5.74) is 8.53. The predicted molar refractivity (Wildman–Crippen MR) is 105 cm³/mol. The number of nitrogen functional groups attached to an aromatic ring is 1. The topological polar surface area (TPSA) is 80.3 Å². The summed E-state index contributed by atoms with van der Waals surface area (Å²) < 4.78 is 1.83. The minimum atomic E-state index is 0.127. The van der Waals surface area contributed by atoms with E-state index in [0.717, 1.165) is 43.3 Å². The van der Waals surface area contributed by atoms with Gasteiger partial charge in [-0.25, -0.2) is 9.97 Å². The number of piperazine rings is 1. The van der Waals surface area contributed by atoms with Gasteiger partial charge in [0.15, 0.2) is 5.82 Å². The van der Waals surface area contributed by atoms with E-state index < -0.39 is 0 Å². The highest BCUT2D eigenvalue weighted by molar-refractivity contribution is 5.76. The highest BCUT2D eigenvalue weighted by atomic mass is 16.2. The van der Waals surface area contributed by atoms with Crippen molar-refractivity contribution in [3.8, 4) is 11.4 Å². The van der Waals surface area contributed by atoms with Gasteiger partial charge in [-0.1, -0.05) is 0 Å². The SMILES string of the molecule is Nc1ccn(CC(=O)N2CCN(c3ccc(-c4ncccn4)cc3)CC2)c1. The van der Waals surface area contributed by atoms with Crippen molar-refractivity contribution in [3.63, 3.8) is 0 Å². The van der Waals surface area contributed by atoms with Crippen molar-refractivity contribution < 1.29 is 4.79 Å². The van der Waals surface area contributed by atoms with Crippen molar-refractivity contribution in [1.29, 1.82) is 0 Å². The molecule has 0 saturated carbocycles. The van der Waals surface area contributed by atoms with E-state index in [1.165, 1.54) is 0 Å². The zero-order chi connectivity index (χ0) is 18.6.